The van der Waals surface area contributed by atoms with Crippen molar-refractivity contribution in [2.45, 2.75) is 90.4 Å². The third-order valence-corrected chi connectivity index (χ3v) is 7.36. The summed E-state index contributed by atoms with van der Waals surface area (Å²) in [5, 5.41) is 39.6. The molecule has 1 aromatic heterocycles. The van der Waals surface area contributed by atoms with Gasteiger partial charge in [0.05, 0.1) is 45.1 Å². The van der Waals surface area contributed by atoms with Crippen molar-refractivity contribution in [3.05, 3.63) is 77.6 Å². The van der Waals surface area contributed by atoms with E-state index in [-0.39, 0.29) is 64.4 Å². The number of nitrogens with one attached hydrogen (secondary N) is 4. The summed E-state index contributed by atoms with van der Waals surface area (Å²) in [5.74, 6) is -0.473. The molecule has 2 atom stereocenters. The van der Waals surface area contributed by atoms with Crippen molar-refractivity contribution in [1.29, 1.82) is 0 Å². The van der Waals surface area contributed by atoms with E-state index in [4.69, 9.17) is 34.9 Å². The van der Waals surface area contributed by atoms with Crippen LogP contribution in [0.5, 0.6) is 0 Å². The number of tetrazole rings is 1. The summed E-state index contributed by atoms with van der Waals surface area (Å²) >= 11 is 0. The molecule has 0 fully saturated rings. The van der Waals surface area contributed by atoms with Gasteiger partial charge in [-0.3, -0.25) is 9.59 Å². The topological polar surface area (TPSA) is 263 Å². The van der Waals surface area contributed by atoms with Crippen LogP contribution in [0.4, 0.5) is 9.59 Å². The Kier molecular flexibility index (Phi) is 24.4. The molecule has 0 bridgehead atoms. The zero-order valence-electron chi connectivity index (χ0n) is 33.8. The number of nitrogens with two attached hydrogens (primary N) is 1. The monoisotopic (exact) mass is 837 g/mol. The summed E-state index contributed by atoms with van der Waals surface area (Å²) < 4.78 is 23.1. The minimum atomic E-state index is -1.10. The van der Waals surface area contributed by atoms with Gasteiger partial charge in [-0.15, -0.1) is 17.5 Å². The van der Waals surface area contributed by atoms with Crippen molar-refractivity contribution >= 4 is 36.4 Å². The molecule has 0 radical (unpaired) electrons. The maximum Gasteiger partial charge on any atom is 0.408 e. The average Bonchev–Trinajstić information content (AvgIpc) is 3.63. The maximum atomic E-state index is 12.5. The first-order valence-electron chi connectivity index (χ1n) is 18.6. The number of hydrogen-bond acceptors (Lipinski definition) is 14. The fourth-order valence-corrected chi connectivity index (χ4v) is 4.52. The fraction of sp³-hybridized carbons (Fsp3) is 0.553. The standard InChI is InChI=1S/C21H33N7O5.C17H26N2O5.ClH/c1-21(2,22)19(30)24-17(15-32-14-16-8-4-3-5-9-16)18-25-26-27-28(18)11-13-33-20(31)23-10-6-7-12-29;1-17(2,3)24-16(22)19-14(15(21)18-9-10-20)12-23-11-13-7-5-4-6-8-13;/h3-5,8-9,17,29H,6-7,10-15,22H2,1-2H3,(H,23,31)(H,24,30);4-8,14,20H,9-12H2,1-3H3,(H,18,21)(H,19,22);1H/t17-;14-;/m11./s1. The molecule has 0 aliphatic heterocycles. The molecule has 19 nitrogen and oxygen atoms in total. The van der Waals surface area contributed by atoms with Gasteiger partial charge >= 0.3 is 12.2 Å². The summed E-state index contributed by atoms with van der Waals surface area (Å²) in [6.07, 6.45) is -0.00350. The highest BCUT2D eigenvalue weighted by molar-refractivity contribution is 5.86. The summed E-state index contributed by atoms with van der Waals surface area (Å²) in [6.45, 7) is 9.79. The van der Waals surface area contributed by atoms with Crippen molar-refractivity contribution < 1.29 is 48.3 Å². The number of alkyl carbamates (subject to hydrolysis) is 2. The Bertz CT molecular complexity index is 1610. The number of benzene rings is 2. The van der Waals surface area contributed by atoms with Crippen molar-refractivity contribution in [2.75, 3.05) is 46.1 Å². The van der Waals surface area contributed by atoms with Gasteiger partial charge in [0.1, 0.15) is 24.3 Å². The highest BCUT2D eigenvalue weighted by Gasteiger charge is 2.29. The molecule has 0 saturated carbocycles. The van der Waals surface area contributed by atoms with Crippen LogP contribution in [0.2, 0.25) is 0 Å². The minimum absolute atomic E-state index is 0. The molecule has 58 heavy (non-hydrogen) atoms. The lowest BCUT2D eigenvalue weighted by atomic mass is 10.1. The molecule has 0 spiro atoms. The van der Waals surface area contributed by atoms with Crippen LogP contribution in [0.25, 0.3) is 0 Å². The molecular formula is C38H60ClN9O10. The molecule has 0 saturated heterocycles. The quantitative estimate of drug-likeness (QED) is 0.0714. The Morgan fingerprint density at radius 3 is 1.95 bits per heavy atom. The van der Waals surface area contributed by atoms with Crippen LogP contribution in [0.15, 0.2) is 60.7 Å². The van der Waals surface area contributed by atoms with E-state index in [1.165, 1.54) is 4.68 Å². The van der Waals surface area contributed by atoms with E-state index in [9.17, 15) is 19.2 Å². The second-order valence-corrected chi connectivity index (χ2v) is 14.2. The van der Waals surface area contributed by atoms with Gasteiger partial charge in [-0.1, -0.05) is 60.7 Å². The second kappa shape index (κ2) is 27.7. The molecule has 20 heteroatoms. The first kappa shape index (κ1) is 51.1. The van der Waals surface area contributed by atoms with E-state index in [2.05, 4.69) is 36.8 Å². The number of aliphatic hydroxyl groups is 2. The number of halogens is 1. The number of ether oxygens (including phenoxy) is 4. The lowest BCUT2D eigenvalue weighted by molar-refractivity contribution is -0.126. The summed E-state index contributed by atoms with van der Waals surface area (Å²) in [7, 11) is 0. The molecule has 3 aromatic rings. The molecule has 0 unspecified atom stereocenters. The van der Waals surface area contributed by atoms with Gasteiger partial charge in [0.2, 0.25) is 11.8 Å². The van der Waals surface area contributed by atoms with Crippen LogP contribution >= 0.6 is 12.4 Å². The molecule has 0 aliphatic carbocycles. The second-order valence-electron chi connectivity index (χ2n) is 14.2. The highest BCUT2D eigenvalue weighted by Crippen LogP contribution is 2.14. The smallest absolute Gasteiger partial charge is 0.408 e. The van der Waals surface area contributed by atoms with Gasteiger partial charge in [-0.05, 0) is 69.0 Å². The number of nitrogens with zero attached hydrogens (tertiary/aromatic N) is 4. The van der Waals surface area contributed by atoms with E-state index >= 15 is 0 Å². The van der Waals surface area contributed by atoms with Gasteiger partial charge in [-0.2, -0.15) is 0 Å². The van der Waals surface area contributed by atoms with Crippen LogP contribution in [-0.4, -0.2) is 118 Å². The van der Waals surface area contributed by atoms with Crippen molar-refractivity contribution in [3.63, 3.8) is 0 Å². The maximum absolute atomic E-state index is 12.5. The number of hydrogen-bond donors (Lipinski definition) is 7. The number of amides is 4. The number of aliphatic hydroxyl groups excluding tert-OH is 2. The van der Waals surface area contributed by atoms with Crippen LogP contribution in [0, 0.1) is 0 Å². The molecule has 1 heterocycles. The third-order valence-electron chi connectivity index (χ3n) is 7.36. The molecule has 2 aromatic carbocycles. The van der Waals surface area contributed by atoms with Crippen LogP contribution < -0.4 is 27.0 Å². The van der Waals surface area contributed by atoms with Crippen LogP contribution in [0.3, 0.4) is 0 Å². The Hall–Kier alpha value is -4.92. The first-order chi connectivity index (χ1) is 27.1. The summed E-state index contributed by atoms with van der Waals surface area (Å²) in [5.41, 5.74) is 6.10. The zero-order chi connectivity index (χ0) is 42.1. The predicted octanol–water partition coefficient (Wildman–Crippen LogP) is 1.91. The van der Waals surface area contributed by atoms with Crippen molar-refractivity contribution in [2.24, 2.45) is 5.73 Å². The normalized spacial score (nSPS) is 12.1. The number of carbonyl (C=O) groups excluding carboxylic acids is 4. The molecule has 4 amide bonds. The molecule has 0 aliphatic rings. The van der Waals surface area contributed by atoms with Crippen molar-refractivity contribution in [3.8, 4) is 0 Å². The van der Waals surface area contributed by atoms with Crippen LogP contribution in [-0.2, 0) is 48.3 Å². The number of aromatic nitrogens is 4. The lowest BCUT2D eigenvalue weighted by Crippen LogP contribution is -2.51. The van der Waals surface area contributed by atoms with Crippen LogP contribution in [0.1, 0.15) is 70.5 Å². The van der Waals surface area contributed by atoms with E-state index in [1.807, 2.05) is 60.7 Å². The molecule has 8 N–H and O–H groups in total. The van der Waals surface area contributed by atoms with Gasteiger partial charge < -0.3 is 56.2 Å². The van der Waals surface area contributed by atoms with E-state index < -0.39 is 41.3 Å². The minimum Gasteiger partial charge on any atom is -0.448 e. The zero-order valence-corrected chi connectivity index (χ0v) is 34.7. The SMILES string of the molecule is CC(C)(C)OC(=O)N[C@H](COCc1ccccc1)C(=O)NCCO.CC(C)(N)C(=O)N[C@H](COCc1ccccc1)c1nnnn1CCOC(=O)NCCCCO.Cl. The van der Waals surface area contributed by atoms with Crippen molar-refractivity contribution in [1.82, 2.24) is 41.5 Å². The van der Waals surface area contributed by atoms with E-state index in [0.29, 0.717) is 38.4 Å². The summed E-state index contributed by atoms with van der Waals surface area (Å²) in [4.78, 5) is 48.2. The number of rotatable bonds is 22. The largest absolute Gasteiger partial charge is 0.448 e. The van der Waals surface area contributed by atoms with Gasteiger partial charge in [0.15, 0.2) is 5.82 Å². The van der Waals surface area contributed by atoms with Gasteiger partial charge in [0, 0.05) is 19.7 Å². The predicted molar refractivity (Wildman–Crippen MR) is 215 cm³/mol. The Morgan fingerprint density at radius 2 is 1.40 bits per heavy atom. The fourth-order valence-electron chi connectivity index (χ4n) is 4.52. The van der Waals surface area contributed by atoms with E-state index in [0.717, 1.165) is 11.1 Å². The Morgan fingerprint density at radius 1 is 0.793 bits per heavy atom. The summed E-state index contributed by atoms with van der Waals surface area (Å²) in [6, 6.07) is 17.5. The lowest BCUT2D eigenvalue weighted by Gasteiger charge is -2.23. The van der Waals surface area contributed by atoms with Gasteiger partial charge in [0.25, 0.3) is 0 Å². The highest BCUT2D eigenvalue weighted by atomic mass is 35.5. The Balaban J connectivity index is 0.000000599. The third kappa shape index (κ3) is 22.1. The average molecular weight is 838 g/mol. The van der Waals surface area contributed by atoms with E-state index in [1.54, 1.807) is 34.6 Å². The number of unbranched alkanes of at least 4 members (excludes halogenated alkanes) is 1. The first-order valence-corrected chi connectivity index (χ1v) is 18.6. The Labute approximate surface area is 345 Å². The number of carbonyl (C=O) groups is 4. The molecular weight excluding hydrogens is 778 g/mol. The van der Waals surface area contributed by atoms with Gasteiger partial charge in [-0.25, -0.2) is 14.3 Å². The molecule has 3 rings (SSSR count). The molecule has 324 valence electrons.